The third-order valence-corrected chi connectivity index (χ3v) is 4.07. The molecule has 2 fully saturated rings. The Bertz CT molecular complexity index is 453. The van der Waals surface area contributed by atoms with E-state index >= 15 is 0 Å². The van der Waals surface area contributed by atoms with Gasteiger partial charge in [-0.2, -0.15) is 4.98 Å². The van der Waals surface area contributed by atoms with Gasteiger partial charge in [-0.3, -0.25) is 4.79 Å². The van der Waals surface area contributed by atoms with Crippen molar-refractivity contribution < 1.29 is 19.2 Å². The van der Waals surface area contributed by atoms with Crippen LogP contribution in [-0.2, 0) is 16.0 Å². The van der Waals surface area contributed by atoms with Crippen LogP contribution in [0, 0.1) is 5.92 Å². The van der Waals surface area contributed by atoms with Crippen LogP contribution in [0.2, 0.25) is 0 Å². The molecular weight excluding hydrogens is 248 g/mol. The molecule has 0 aromatic carbocycles. The molecule has 1 saturated carbocycles. The number of carboxylic acids is 1. The van der Waals surface area contributed by atoms with E-state index in [4.69, 9.17) is 9.26 Å². The number of rotatable bonds is 4. The van der Waals surface area contributed by atoms with Gasteiger partial charge in [0.25, 0.3) is 0 Å². The van der Waals surface area contributed by atoms with Gasteiger partial charge in [0.05, 0.1) is 17.9 Å². The van der Waals surface area contributed by atoms with Crippen molar-refractivity contribution in [3.05, 3.63) is 11.7 Å². The molecule has 1 saturated heterocycles. The summed E-state index contributed by atoms with van der Waals surface area (Å²) in [4.78, 5) is 15.5. The topological polar surface area (TPSA) is 85.5 Å². The van der Waals surface area contributed by atoms with Crippen molar-refractivity contribution in [1.82, 2.24) is 10.1 Å². The van der Waals surface area contributed by atoms with Crippen LogP contribution in [0.4, 0.5) is 0 Å². The predicted molar refractivity (Wildman–Crippen MR) is 64.7 cm³/mol. The maximum Gasteiger partial charge on any atom is 0.307 e. The zero-order valence-electron chi connectivity index (χ0n) is 10.7. The number of hydrogen-bond donors (Lipinski definition) is 1. The minimum atomic E-state index is -0.763. The number of nitrogens with zero attached hydrogens (tertiary/aromatic N) is 2. The number of carbonyl (C=O) groups is 1. The zero-order valence-corrected chi connectivity index (χ0v) is 10.7. The molecule has 1 N–H and O–H groups in total. The Morgan fingerprint density at radius 1 is 1.32 bits per heavy atom. The molecule has 3 unspecified atom stereocenters. The van der Waals surface area contributed by atoms with E-state index in [1.165, 1.54) is 0 Å². The molecule has 2 aliphatic rings. The molecular formula is C13H18N2O4. The average Bonchev–Trinajstić information content (AvgIpc) is 3.09. The maximum atomic E-state index is 11.2. The van der Waals surface area contributed by atoms with E-state index in [9.17, 15) is 9.90 Å². The number of carboxylic acid groups (broad SMARTS) is 1. The summed E-state index contributed by atoms with van der Waals surface area (Å²) in [7, 11) is 0. The van der Waals surface area contributed by atoms with Gasteiger partial charge in [-0.1, -0.05) is 11.6 Å². The molecule has 6 nitrogen and oxygen atoms in total. The fourth-order valence-electron chi connectivity index (χ4n) is 3.06. The van der Waals surface area contributed by atoms with Crippen molar-refractivity contribution in [3.63, 3.8) is 0 Å². The number of aromatic nitrogens is 2. The van der Waals surface area contributed by atoms with Crippen LogP contribution in [0.25, 0.3) is 0 Å². The van der Waals surface area contributed by atoms with E-state index in [0.717, 1.165) is 32.3 Å². The molecule has 1 aliphatic carbocycles. The summed E-state index contributed by atoms with van der Waals surface area (Å²) in [5.74, 6) is -0.142. The van der Waals surface area contributed by atoms with Crippen molar-refractivity contribution in [2.24, 2.45) is 5.92 Å². The van der Waals surface area contributed by atoms with Crippen LogP contribution < -0.4 is 0 Å². The Kier molecular flexibility index (Phi) is 3.50. The lowest BCUT2D eigenvalue weighted by atomic mass is 9.96. The summed E-state index contributed by atoms with van der Waals surface area (Å²) < 4.78 is 10.8. The van der Waals surface area contributed by atoms with E-state index < -0.39 is 5.97 Å². The first-order chi connectivity index (χ1) is 9.24. The second kappa shape index (κ2) is 5.28. The summed E-state index contributed by atoms with van der Waals surface area (Å²) >= 11 is 0. The normalized spacial score (nSPS) is 30.8. The molecule has 19 heavy (non-hydrogen) atoms. The summed E-state index contributed by atoms with van der Waals surface area (Å²) in [6.07, 6.45) is 5.38. The number of aliphatic carboxylic acids is 1. The summed E-state index contributed by atoms with van der Waals surface area (Å²) in [5.41, 5.74) is 0. The molecule has 3 rings (SSSR count). The van der Waals surface area contributed by atoms with Gasteiger partial charge in [0.2, 0.25) is 5.89 Å². The van der Waals surface area contributed by atoms with Gasteiger partial charge in [0, 0.05) is 13.0 Å². The molecule has 6 heteroatoms. The molecule has 0 bridgehead atoms. The highest BCUT2D eigenvalue weighted by molar-refractivity contribution is 5.71. The van der Waals surface area contributed by atoms with Gasteiger partial charge in [-0.05, 0) is 25.7 Å². The Balaban J connectivity index is 1.68. The molecule has 0 amide bonds. The third kappa shape index (κ3) is 2.63. The van der Waals surface area contributed by atoms with Crippen LogP contribution >= 0.6 is 0 Å². The van der Waals surface area contributed by atoms with Crippen molar-refractivity contribution in [1.29, 1.82) is 0 Å². The van der Waals surface area contributed by atoms with Gasteiger partial charge < -0.3 is 14.4 Å². The van der Waals surface area contributed by atoms with Crippen molar-refractivity contribution in [2.75, 3.05) is 6.61 Å². The first kappa shape index (κ1) is 12.6. The van der Waals surface area contributed by atoms with Crippen LogP contribution in [0.3, 0.4) is 0 Å². The SMILES string of the molecule is O=C(O)C1CCCC1c1nc(CC2CCCO2)no1. The van der Waals surface area contributed by atoms with Crippen LogP contribution in [0.15, 0.2) is 4.52 Å². The Hall–Kier alpha value is -1.43. The minimum Gasteiger partial charge on any atom is -0.481 e. The van der Waals surface area contributed by atoms with Gasteiger partial charge in [0.1, 0.15) is 0 Å². The maximum absolute atomic E-state index is 11.2. The van der Waals surface area contributed by atoms with Gasteiger partial charge in [-0.25, -0.2) is 0 Å². The van der Waals surface area contributed by atoms with Crippen molar-refractivity contribution >= 4 is 5.97 Å². The van der Waals surface area contributed by atoms with Crippen molar-refractivity contribution in [3.8, 4) is 0 Å². The number of ether oxygens (including phenoxy) is 1. The smallest absolute Gasteiger partial charge is 0.307 e. The molecule has 0 radical (unpaired) electrons. The Labute approximate surface area is 111 Å². The average molecular weight is 266 g/mol. The van der Waals surface area contributed by atoms with Gasteiger partial charge >= 0.3 is 5.97 Å². The summed E-state index contributed by atoms with van der Waals surface area (Å²) in [6.45, 7) is 0.805. The lowest BCUT2D eigenvalue weighted by Crippen LogP contribution is -2.17. The van der Waals surface area contributed by atoms with E-state index in [-0.39, 0.29) is 17.9 Å². The van der Waals surface area contributed by atoms with E-state index in [0.29, 0.717) is 24.6 Å². The molecule has 1 aliphatic heterocycles. The summed E-state index contributed by atoms with van der Waals surface area (Å²) in [6, 6.07) is 0. The van der Waals surface area contributed by atoms with Crippen molar-refractivity contribution in [2.45, 2.75) is 50.5 Å². The molecule has 0 spiro atoms. The summed E-state index contributed by atoms with van der Waals surface area (Å²) in [5, 5.41) is 13.1. The second-order valence-corrected chi connectivity index (χ2v) is 5.37. The highest BCUT2D eigenvalue weighted by atomic mass is 16.5. The molecule has 1 aromatic rings. The van der Waals surface area contributed by atoms with Crippen LogP contribution in [0.1, 0.15) is 49.7 Å². The van der Waals surface area contributed by atoms with Crippen LogP contribution in [-0.4, -0.2) is 33.9 Å². The zero-order chi connectivity index (χ0) is 13.2. The lowest BCUT2D eigenvalue weighted by molar-refractivity contribution is -0.142. The molecule has 1 aromatic heterocycles. The monoisotopic (exact) mass is 266 g/mol. The fraction of sp³-hybridized carbons (Fsp3) is 0.769. The quantitative estimate of drug-likeness (QED) is 0.893. The number of hydrogen-bond acceptors (Lipinski definition) is 5. The van der Waals surface area contributed by atoms with E-state index in [1.54, 1.807) is 0 Å². The largest absolute Gasteiger partial charge is 0.481 e. The highest BCUT2D eigenvalue weighted by Gasteiger charge is 2.37. The molecule has 3 atom stereocenters. The van der Waals surface area contributed by atoms with E-state index in [1.807, 2.05) is 0 Å². The third-order valence-electron chi connectivity index (χ3n) is 4.07. The molecule has 2 heterocycles. The highest BCUT2D eigenvalue weighted by Crippen LogP contribution is 2.39. The first-order valence-electron chi connectivity index (χ1n) is 6.91. The predicted octanol–water partition coefficient (Wildman–Crippen LogP) is 1.76. The van der Waals surface area contributed by atoms with Gasteiger partial charge in [0.15, 0.2) is 5.82 Å². The standard InChI is InChI=1S/C13H18N2O4/c16-13(17)10-5-1-4-9(10)12-14-11(15-19-12)7-8-3-2-6-18-8/h8-10H,1-7H2,(H,16,17). The minimum absolute atomic E-state index is 0.122. The van der Waals surface area contributed by atoms with Gasteiger partial charge in [-0.15, -0.1) is 0 Å². The Morgan fingerprint density at radius 2 is 2.21 bits per heavy atom. The van der Waals surface area contributed by atoms with Crippen LogP contribution in [0.5, 0.6) is 0 Å². The fourth-order valence-corrected chi connectivity index (χ4v) is 3.06. The lowest BCUT2D eigenvalue weighted by Gasteiger charge is -2.10. The second-order valence-electron chi connectivity index (χ2n) is 5.37. The van der Waals surface area contributed by atoms with E-state index in [2.05, 4.69) is 10.1 Å². The molecule has 104 valence electrons. The first-order valence-corrected chi connectivity index (χ1v) is 6.91. The Morgan fingerprint density at radius 3 is 2.95 bits per heavy atom.